The average Bonchev–Trinajstić information content (AvgIpc) is 2.70. The van der Waals surface area contributed by atoms with Gasteiger partial charge in [-0.3, -0.25) is 9.48 Å². The number of aromatic nitrogens is 4. The quantitative estimate of drug-likeness (QED) is 0.688. The van der Waals surface area contributed by atoms with Crippen molar-refractivity contribution in [2.45, 2.75) is 6.92 Å². The number of hydrogen-bond donors (Lipinski definition) is 2. The number of nitrogens with one attached hydrogen (secondary N) is 1. The summed E-state index contributed by atoms with van der Waals surface area (Å²) >= 11 is 0. The van der Waals surface area contributed by atoms with E-state index in [1.807, 2.05) is 20.0 Å². The zero-order chi connectivity index (χ0) is 13.6. The summed E-state index contributed by atoms with van der Waals surface area (Å²) in [4.78, 5) is 18.3. The van der Waals surface area contributed by atoms with Gasteiger partial charge in [-0.2, -0.15) is 5.10 Å². The smallest absolute Gasteiger partial charge is 0.258 e. The van der Waals surface area contributed by atoms with Crippen LogP contribution in [-0.2, 0) is 7.05 Å². The van der Waals surface area contributed by atoms with Crippen molar-refractivity contribution in [3.8, 4) is 17.0 Å². The molecule has 19 heavy (non-hydrogen) atoms. The second-order valence-corrected chi connectivity index (χ2v) is 4.42. The molecule has 0 aliphatic carbocycles. The molecule has 2 N–H and O–H groups in total. The zero-order valence-corrected chi connectivity index (χ0v) is 10.5. The number of aromatic hydroxyl groups is 1. The highest BCUT2D eigenvalue weighted by Crippen LogP contribution is 2.28. The molecule has 0 spiro atoms. The number of benzene rings is 1. The lowest BCUT2D eigenvalue weighted by atomic mass is 10.1. The highest BCUT2D eigenvalue weighted by Gasteiger charge is 2.11. The van der Waals surface area contributed by atoms with E-state index in [0.29, 0.717) is 10.9 Å². The highest BCUT2D eigenvalue weighted by atomic mass is 16.3. The van der Waals surface area contributed by atoms with Crippen molar-refractivity contribution in [1.82, 2.24) is 19.7 Å². The van der Waals surface area contributed by atoms with Crippen LogP contribution in [0.15, 0.2) is 29.3 Å². The molecule has 0 unspecified atom stereocenters. The standard InChI is InChI=1S/C13H12N4O2/c1-7-3-10(17(2)16-7)8-4-9-12(11(18)5-8)14-6-15-13(9)19/h3-6,18H,1-2H3,(H,14,15,19). The normalized spacial score (nSPS) is 11.1. The Morgan fingerprint density at radius 2 is 2.11 bits per heavy atom. The van der Waals surface area contributed by atoms with Gasteiger partial charge in [0.25, 0.3) is 5.56 Å². The monoisotopic (exact) mass is 256 g/mol. The highest BCUT2D eigenvalue weighted by molar-refractivity contribution is 5.88. The molecule has 0 amide bonds. The van der Waals surface area contributed by atoms with Crippen molar-refractivity contribution in [2.24, 2.45) is 7.05 Å². The van der Waals surface area contributed by atoms with Gasteiger partial charge >= 0.3 is 0 Å². The molecule has 3 aromatic rings. The minimum atomic E-state index is -0.277. The van der Waals surface area contributed by atoms with Crippen molar-refractivity contribution < 1.29 is 5.11 Å². The van der Waals surface area contributed by atoms with Crippen molar-refractivity contribution in [2.75, 3.05) is 0 Å². The fourth-order valence-corrected chi connectivity index (χ4v) is 2.19. The molecule has 3 rings (SSSR count). The number of fused-ring (bicyclic) bond motifs is 1. The Morgan fingerprint density at radius 3 is 2.79 bits per heavy atom. The van der Waals surface area contributed by atoms with E-state index in [0.717, 1.165) is 17.0 Å². The third-order valence-corrected chi connectivity index (χ3v) is 3.02. The Kier molecular flexibility index (Phi) is 2.38. The fraction of sp³-hybridized carbons (Fsp3) is 0.154. The third kappa shape index (κ3) is 1.77. The molecule has 0 aliphatic rings. The van der Waals surface area contributed by atoms with E-state index in [2.05, 4.69) is 15.1 Å². The van der Waals surface area contributed by atoms with Gasteiger partial charge in [-0.05, 0) is 25.1 Å². The summed E-state index contributed by atoms with van der Waals surface area (Å²) in [5.74, 6) is -0.0162. The van der Waals surface area contributed by atoms with Crippen LogP contribution in [0.4, 0.5) is 0 Å². The van der Waals surface area contributed by atoms with E-state index >= 15 is 0 Å². The van der Waals surface area contributed by atoms with Crippen molar-refractivity contribution >= 4 is 10.9 Å². The number of nitrogens with zero attached hydrogens (tertiary/aromatic N) is 3. The number of H-pyrrole nitrogens is 1. The molecule has 2 aromatic heterocycles. The summed E-state index contributed by atoms with van der Waals surface area (Å²) in [6, 6.07) is 5.19. The van der Waals surface area contributed by atoms with Crippen molar-refractivity contribution in [1.29, 1.82) is 0 Å². The first-order valence-corrected chi connectivity index (χ1v) is 5.77. The number of phenolic OH excluding ortho intramolecular Hbond substituents is 1. The Morgan fingerprint density at radius 1 is 1.32 bits per heavy atom. The number of phenols is 1. The van der Waals surface area contributed by atoms with Gasteiger partial charge in [-0.15, -0.1) is 0 Å². The summed E-state index contributed by atoms with van der Waals surface area (Å²) in [6.45, 7) is 1.89. The van der Waals surface area contributed by atoms with E-state index in [9.17, 15) is 9.90 Å². The first-order chi connectivity index (χ1) is 9.06. The van der Waals surface area contributed by atoms with Gasteiger partial charge < -0.3 is 10.1 Å². The Bertz CT molecular complexity index is 832. The molecule has 96 valence electrons. The minimum absolute atomic E-state index is 0.0162. The maximum Gasteiger partial charge on any atom is 0.258 e. The van der Waals surface area contributed by atoms with Crippen LogP contribution in [-0.4, -0.2) is 24.9 Å². The predicted octanol–water partition coefficient (Wildman–Crippen LogP) is 1.34. The van der Waals surface area contributed by atoms with E-state index in [1.165, 1.54) is 6.33 Å². The van der Waals surface area contributed by atoms with Crippen LogP contribution < -0.4 is 5.56 Å². The molecular weight excluding hydrogens is 244 g/mol. The number of aryl methyl sites for hydroxylation is 2. The molecule has 0 saturated carbocycles. The largest absolute Gasteiger partial charge is 0.506 e. The SMILES string of the molecule is Cc1cc(-c2cc(O)c3nc[nH]c(=O)c3c2)n(C)n1. The first kappa shape index (κ1) is 11.5. The van der Waals surface area contributed by atoms with Gasteiger partial charge in [-0.1, -0.05) is 0 Å². The molecule has 0 radical (unpaired) electrons. The zero-order valence-electron chi connectivity index (χ0n) is 10.5. The van der Waals surface area contributed by atoms with E-state index in [-0.39, 0.29) is 11.3 Å². The average molecular weight is 256 g/mol. The van der Waals surface area contributed by atoms with Crippen LogP contribution in [0.5, 0.6) is 5.75 Å². The Balaban J connectivity index is 2.35. The van der Waals surface area contributed by atoms with Crippen molar-refractivity contribution in [3.63, 3.8) is 0 Å². The van der Waals surface area contributed by atoms with Gasteiger partial charge in [0.2, 0.25) is 0 Å². The van der Waals surface area contributed by atoms with Crippen LogP contribution in [0.1, 0.15) is 5.69 Å². The minimum Gasteiger partial charge on any atom is -0.506 e. The van der Waals surface area contributed by atoms with Crippen molar-refractivity contribution in [3.05, 3.63) is 40.6 Å². The second-order valence-electron chi connectivity index (χ2n) is 4.42. The summed E-state index contributed by atoms with van der Waals surface area (Å²) < 4.78 is 1.71. The summed E-state index contributed by atoms with van der Waals surface area (Å²) in [6.07, 6.45) is 1.28. The summed E-state index contributed by atoms with van der Waals surface area (Å²) in [5.41, 5.74) is 2.45. The summed E-state index contributed by atoms with van der Waals surface area (Å²) in [5, 5.41) is 14.6. The molecule has 0 saturated heterocycles. The molecule has 1 aromatic carbocycles. The van der Waals surface area contributed by atoms with Crippen LogP contribution in [0, 0.1) is 6.92 Å². The topological polar surface area (TPSA) is 83.8 Å². The number of rotatable bonds is 1. The molecular formula is C13H12N4O2. The molecule has 6 heteroatoms. The maximum absolute atomic E-state index is 11.8. The van der Waals surface area contributed by atoms with Crippen LogP contribution in [0.2, 0.25) is 0 Å². The van der Waals surface area contributed by atoms with Gasteiger partial charge in [-0.25, -0.2) is 4.98 Å². The first-order valence-electron chi connectivity index (χ1n) is 5.77. The molecule has 0 bridgehead atoms. The number of hydrogen-bond acceptors (Lipinski definition) is 4. The van der Waals surface area contributed by atoms with E-state index in [1.54, 1.807) is 16.8 Å². The predicted molar refractivity (Wildman–Crippen MR) is 71.0 cm³/mol. The van der Waals surface area contributed by atoms with Crippen LogP contribution >= 0.6 is 0 Å². The van der Waals surface area contributed by atoms with Gasteiger partial charge in [0.15, 0.2) is 0 Å². The third-order valence-electron chi connectivity index (χ3n) is 3.02. The molecule has 0 aliphatic heterocycles. The van der Waals surface area contributed by atoms with Crippen LogP contribution in [0.25, 0.3) is 22.2 Å². The van der Waals surface area contributed by atoms with E-state index in [4.69, 9.17) is 0 Å². The lowest BCUT2D eigenvalue weighted by Gasteiger charge is -2.05. The second kappa shape index (κ2) is 3.94. The Hall–Kier alpha value is -2.63. The molecule has 6 nitrogen and oxygen atoms in total. The van der Waals surface area contributed by atoms with Gasteiger partial charge in [0.1, 0.15) is 11.3 Å². The lowest BCUT2D eigenvalue weighted by Crippen LogP contribution is -2.06. The number of aromatic amines is 1. The Labute approximate surface area is 108 Å². The molecule has 0 fully saturated rings. The van der Waals surface area contributed by atoms with Gasteiger partial charge in [0.05, 0.1) is 23.1 Å². The summed E-state index contributed by atoms with van der Waals surface area (Å²) in [7, 11) is 1.82. The fourth-order valence-electron chi connectivity index (χ4n) is 2.19. The lowest BCUT2D eigenvalue weighted by molar-refractivity contribution is 0.480. The van der Waals surface area contributed by atoms with Crippen LogP contribution in [0.3, 0.4) is 0 Å². The molecule has 0 atom stereocenters. The molecule has 2 heterocycles. The maximum atomic E-state index is 11.8. The van der Waals surface area contributed by atoms with Gasteiger partial charge in [0, 0.05) is 12.6 Å². The van der Waals surface area contributed by atoms with E-state index < -0.39 is 0 Å².